The summed E-state index contributed by atoms with van der Waals surface area (Å²) >= 11 is 1.68. The maximum atomic E-state index is 11.3. The van der Waals surface area contributed by atoms with Gasteiger partial charge in [0, 0.05) is 29.2 Å². The van der Waals surface area contributed by atoms with Crippen molar-refractivity contribution < 1.29 is 13.2 Å². The normalized spacial score (nSPS) is 15.7. The lowest BCUT2D eigenvalue weighted by atomic mass is 10.1. The third-order valence-electron chi connectivity index (χ3n) is 3.53. The van der Waals surface area contributed by atoms with Crippen LogP contribution in [0.15, 0.2) is 24.3 Å². The molecule has 0 aliphatic carbocycles. The average molecular weight is 353 g/mol. The highest BCUT2D eigenvalue weighted by atomic mass is 32.2. The van der Waals surface area contributed by atoms with E-state index in [0.717, 1.165) is 53.8 Å². The van der Waals surface area contributed by atoms with E-state index in [4.69, 9.17) is 9.72 Å². The highest BCUT2D eigenvalue weighted by molar-refractivity contribution is 7.92. The molecule has 0 atom stereocenters. The number of aryl methyl sites for hydroxylation is 1. The van der Waals surface area contributed by atoms with E-state index in [-0.39, 0.29) is 0 Å². The Balaban J connectivity index is 1.82. The van der Waals surface area contributed by atoms with Gasteiger partial charge in [0.2, 0.25) is 10.0 Å². The lowest BCUT2D eigenvalue weighted by molar-refractivity contribution is 0.122. The quantitative estimate of drug-likeness (QED) is 0.913. The van der Waals surface area contributed by atoms with E-state index in [1.165, 1.54) is 0 Å². The van der Waals surface area contributed by atoms with Crippen molar-refractivity contribution in [3.8, 4) is 11.3 Å². The topological polar surface area (TPSA) is 71.5 Å². The minimum absolute atomic E-state index is 0.553. The smallest absolute Gasteiger partial charge is 0.229 e. The van der Waals surface area contributed by atoms with Gasteiger partial charge < -0.3 is 9.64 Å². The Labute approximate surface area is 140 Å². The monoisotopic (exact) mass is 353 g/mol. The van der Waals surface area contributed by atoms with Crippen LogP contribution < -0.4 is 9.62 Å². The van der Waals surface area contributed by atoms with Gasteiger partial charge in [-0.25, -0.2) is 13.4 Å². The van der Waals surface area contributed by atoms with Crippen molar-refractivity contribution in [3.05, 3.63) is 29.1 Å². The molecule has 1 aromatic heterocycles. The van der Waals surface area contributed by atoms with Crippen molar-refractivity contribution in [2.45, 2.75) is 6.92 Å². The van der Waals surface area contributed by atoms with Crippen molar-refractivity contribution in [1.29, 1.82) is 0 Å². The number of nitrogens with zero attached hydrogens (tertiary/aromatic N) is 2. The lowest BCUT2D eigenvalue weighted by Crippen LogP contribution is -2.36. The molecule has 23 heavy (non-hydrogen) atoms. The highest BCUT2D eigenvalue weighted by Gasteiger charge is 2.17. The number of anilines is 2. The number of thiazole rings is 1. The lowest BCUT2D eigenvalue weighted by Gasteiger charge is -2.26. The van der Waals surface area contributed by atoms with Crippen LogP contribution in [-0.4, -0.2) is 46.0 Å². The summed E-state index contributed by atoms with van der Waals surface area (Å²) in [4.78, 5) is 8.15. The van der Waals surface area contributed by atoms with E-state index >= 15 is 0 Å². The number of morpholine rings is 1. The van der Waals surface area contributed by atoms with Gasteiger partial charge in [0.15, 0.2) is 5.13 Å². The first-order chi connectivity index (χ1) is 10.9. The third-order valence-corrected chi connectivity index (χ3v) is 5.17. The van der Waals surface area contributed by atoms with Crippen molar-refractivity contribution in [1.82, 2.24) is 4.98 Å². The minimum Gasteiger partial charge on any atom is -0.378 e. The molecule has 1 N–H and O–H groups in total. The Morgan fingerprint density at radius 1 is 1.22 bits per heavy atom. The van der Waals surface area contributed by atoms with Gasteiger partial charge >= 0.3 is 0 Å². The first kappa shape index (κ1) is 16.2. The van der Waals surface area contributed by atoms with Gasteiger partial charge in [0.25, 0.3) is 0 Å². The SMILES string of the molecule is Cc1sc(N2CCOCC2)nc1-c1ccc(NS(C)(=O)=O)cc1. The molecular weight excluding hydrogens is 334 g/mol. The van der Waals surface area contributed by atoms with Crippen molar-refractivity contribution in [2.24, 2.45) is 0 Å². The van der Waals surface area contributed by atoms with Gasteiger partial charge in [-0.15, -0.1) is 11.3 Å². The summed E-state index contributed by atoms with van der Waals surface area (Å²) in [6, 6.07) is 7.28. The molecule has 124 valence electrons. The average Bonchev–Trinajstić information content (AvgIpc) is 2.89. The zero-order valence-electron chi connectivity index (χ0n) is 13.1. The molecule has 0 bridgehead atoms. The van der Waals surface area contributed by atoms with Crippen LogP contribution in [0.25, 0.3) is 11.3 Å². The van der Waals surface area contributed by atoms with E-state index in [2.05, 4.69) is 16.5 Å². The van der Waals surface area contributed by atoms with E-state index in [1.54, 1.807) is 23.5 Å². The van der Waals surface area contributed by atoms with Crippen molar-refractivity contribution in [2.75, 3.05) is 42.2 Å². The number of hydrogen-bond donors (Lipinski definition) is 1. The summed E-state index contributed by atoms with van der Waals surface area (Å²) in [5, 5.41) is 1.01. The van der Waals surface area contributed by atoms with Gasteiger partial charge in [-0.3, -0.25) is 4.72 Å². The molecule has 0 amide bonds. The largest absolute Gasteiger partial charge is 0.378 e. The molecular formula is C15H19N3O3S2. The van der Waals surface area contributed by atoms with Gasteiger partial charge in [0.1, 0.15) is 0 Å². The predicted molar refractivity (Wildman–Crippen MR) is 93.8 cm³/mol. The highest BCUT2D eigenvalue weighted by Crippen LogP contribution is 2.33. The molecule has 3 rings (SSSR count). The number of benzene rings is 1. The number of aromatic nitrogens is 1. The molecule has 1 aromatic carbocycles. The molecule has 0 saturated carbocycles. The summed E-state index contributed by atoms with van der Waals surface area (Å²) < 4.78 is 30.3. The molecule has 2 aromatic rings. The standard InChI is InChI=1S/C15H19N3O3S2/c1-11-14(16-15(22-11)18-7-9-21-10-8-18)12-3-5-13(6-4-12)17-23(2,19)20/h3-6,17H,7-10H2,1-2H3. The number of nitrogens with one attached hydrogen (secondary N) is 1. The molecule has 0 unspecified atom stereocenters. The van der Waals surface area contributed by atoms with Crippen LogP contribution in [0.2, 0.25) is 0 Å². The van der Waals surface area contributed by atoms with E-state index < -0.39 is 10.0 Å². The summed E-state index contributed by atoms with van der Waals surface area (Å²) in [6.45, 7) is 5.26. The van der Waals surface area contributed by atoms with Gasteiger partial charge in [-0.05, 0) is 19.1 Å². The molecule has 1 aliphatic rings. The zero-order chi connectivity index (χ0) is 16.4. The fourth-order valence-corrected chi connectivity index (χ4v) is 4.00. The Bertz CT molecular complexity index is 779. The van der Waals surface area contributed by atoms with E-state index in [1.807, 2.05) is 12.1 Å². The van der Waals surface area contributed by atoms with Crippen LogP contribution in [0, 0.1) is 6.92 Å². The van der Waals surface area contributed by atoms with Crippen LogP contribution in [0.4, 0.5) is 10.8 Å². The molecule has 6 nitrogen and oxygen atoms in total. The number of ether oxygens (including phenoxy) is 1. The molecule has 1 saturated heterocycles. The fourth-order valence-electron chi connectivity index (χ4n) is 2.45. The molecule has 1 fully saturated rings. The number of rotatable bonds is 4. The van der Waals surface area contributed by atoms with Gasteiger partial charge in [-0.2, -0.15) is 0 Å². The zero-order valence-corrected chi connectivity index (χ0v) is 14.7. The van der Waals surface area contributed by atoms with Crippen LogP contribution in [-0.2, 0) is 14.8 Å². The number of sulfonamides is 1. The number of hydrogen-bond acceptors (Lipinski definition) is 6. The Morgan fingerprint density at radius 2 is 1.87 bits per heavy atom. The van der Waals surface area contributed by atoms with Crippen LogP contribution in [0.3, 0.4) is 0 Å². The van der Waals surface area contributed by atoms with Crippen LogP contribution in [0.1, 0.15) is 4.88 Å². The summed E-state index contributed by atoms with van der Waals surface area (Å²) in [7, 11) is -3.26. The molecule has 0 spiro atoms. The van der Waals surface area contributed by atoms with Crippen LogP contribution in [0.5, 0.6) is 0 Å². The first-order valence-electron chi connectivity index (χ1n) is 7.31. The second-order valence-electron chi connectivity index (χ2n) is 5.45. The fraction of sp³-hybridized carbons (Fsp3) is 0.400. The predicted octanol–water partition coefficient (Wildman–Crippen LogP) is 2.33. The summed E-state index contributed by atoms with van der Waals surface area (Å²) in [6.07, 6.45) is 1.14. The molecule has 1 aliphatic heterocycles. The summed E-state index contributed by atoms with van der Waals surface area (Å²) in [5.41, 5.74) is 2.48. The van der Waals surface area contributed by atoms with Crippen molar-refractivity contribution in [3.63, 3.8) is 0 Å². The Hall–Kier alpha value is -1.64. The minimum atomic E-state index is -3.26. The van der Waals surface area contributed by atoms with Crippen LogP contribution >= 0.6 is 11.3 Å². The first-order valence-corrected chi connectivity index (χ1v) is 10.0. The Kier molecular flexibility index (Phi) is 4.56. The third kappa shape index (κ3) is 4.01. The second-order valence-corrected chi connectivity index (χ2v) is 8.38. The van der Waals surface area contributed by atoms with E-state index in [9.17, 15) is 8.42 Å². The Morgan fingerprint density at radius 3 is 2.48 bits per heavy atom. The van der Waals surface area contributed by atoms with Gasteiger partial charge in [-0.1, -0.05) is 12.1 Å². The maximum Gasteiger partial charge on any atom is 0.229 e. The van der Waals surface area contributed by atoms with E-state index in [0.29, 0.717) is 5.69 Å². The molecule has 2 heterocycles. The molecule has 8 heteroatoms. The van der Waals surface area contributed by atoms with Gasteiger partial charge in [0.05, 0.1) is 25.2 Å². The van der Waals surface area contributed by atoms with Crippen molar-refractivity contribution >= 4 is 32.2 Å². The second kappa shape index (κ2) is 6.46. The molecule has 0 radical (unpaired) electrons. The maximum absolute atomic E-state index is 11.3. The summed E-state index contributed by atoms with van der Waals surface area (Å²) in [5.74, 6) is 0.